The van der Waals surface area contributed by atoms with E-state index in [4.69, 9.17) is 4.74 Å². The van der Waals surface area contributed by atoms with Gasteiger partial charge in [-0.15, -0.1) is 10.2 Å². The second kappa shape index (κ2) is 6.33. The van der Waals surface area contributed by atoms with Gasteiger partial charge in [0, 0.05) is 23.2 Å². The summed E-state index contributed by atoms with van der Waals surface area (Å²) in [5, 5.41) is 12.8. The number of aromatic amines is 1. The monoisotopic (exact) mass is 351 g/mol. The van der Waals surface area contributed by atoms with Crippen LogP contribution in [0, 0.1) is 0 Å². The number of amides is 1. The van der Waals surface area contributed by atoms with Crippen LogP contribution in [0.2, 0.25) is 0 Å². The number of hydrogen-bond acceptors (Lipinski definition) is 6. The van der Waals surface area contributed by atoms with Gasteiger partial charge < -0.3 is 9.72 Å². The van der Waals surface area contributed by atoms with E-state index in [1.807, 2.05) is 36.4 Å². The second-order valence-electron chi connectivity index (χ2n) is 5.22. The fourth-order valence-electron chi connectivity index (χ4n) is 2.39. The zero-order valence-electron chi connectivity index (χ0n) is 13.2. The number of nitrogens with one attached hydrogen (secondary N) is 2. The lowest BCUT2D eigenvalue weighted by Gasteiger charge is -1.98. The molecule has 0 bridgehead atoms. The van der Waals surface area contributed by atoms with Crippen LogP contribution in [-0.4, -0.2) is 33.2 Å². The summed E-state index contributed by atoms with van der Waals surface area (Å²) in [4.78, 5) is 19.7. The Labute approximate surface area is 146 Å². The SMILES string of the molecule is COc1ccc2cc(C(=O)Nc3nnc(-c4ccccn4)s3)[nH]c2c1. The van der Waals surface area contributed by atoms with Crippen molar-refractivity contribution in [2.45, 2.75) is 0 Å². The Balaban J connectivity index is 1.55. The molecule has 0 saturated heterocycles. The van der Waals surface area contributed by atoms with Crippen molar-refractivity contribution in [3.05, 3.63) is 54.4 Å². The van der Waals surface area contributed by atoms with Crippen LogP contribution in [0.5, 0.6) is 5.75 Å². The van der Waals surface area contributed by atoms with Crippen LogP contribution in [0.3, 0.4) is 0 Å². The summed E-state index contributed by atoms with van der Waals surface area (Å²) in [6.45, 7) is 0. The molecule has 8 heteroatoms. The van der Waals surface area contributed by atoms with Gasteiger partial charge in [0.1, 0.15) is 17.1 Å². The molecule has 1 aromatic carbocycles. The maximum atomic E-state index is 12.4. The number of methoxy groups -OCH3 is 1. The molecule has 0 aliphatic heterocycles. The van der Waals surface area contributed by atoms with E-state index in [9.17, 15) is 4.79 Å². The zero-order chi connectivity index (χ0) is 17.2. The lowest BCUT2D eigenvalue weighted by molar-refractivity contribution is 0.102. The van der Waals surface area contributed by atoms with Gasteiger partial charge in [-0.2, -0.15) is 0 Å². The number of benzene rings is 1. The van der Waals surface area contributed by atoms with Crippen LogP contribution in [0.15, 0.2) is 48.7 Å². The quantitative estimate of drug-likeness (QED) is 0.588. The van der Waals surface area contributed by atoms with E-state index in [1.165, 1.54) is 11.3 Å². The molecule has 4 aromatic rings. The molecule has 2 N–H and O–H groups in total. The molecule has 3 heterocycles. The number of anilines is 1. The summed E-state index contributed by atoms with van der Waals surface area (Å²) in [5.41, 5.74) is 1.99. The van der Waals surface area contributed by atoms with Crippen molar-refractivity contribution >= 4 is 33.3 Å². The van der Waals surface area contributed by atoms with Crippen molar-refractivity contribution in [3.63, 3.8) is 0 Å². The van der Waals surface area contributed by atoms with Crippen molar-refractivity contribution in [2.75, 3.05) is 12.4 Å². The Morgan fingerprint density at radius 1 is 1.20 bits per heavy atom. The number of pyridine rings is 1. The van der Waals surface area contributed by atoms with Gasteiger partial charge in [-0.05, 0) is 30.3 Å². The average Bonchev–Trinajstić information content (AvgIpc) is 3.28. The number of carbonyl (C=O) groups is 1. The lowest BCUT2D eigenvalue weighted by Crippen LogP contribution is -2.11. The van der Waals surface area contributed by atoms with Gasteiger partial charge in [0.25, 0.3) is 5.91 Å². The molecule has 0 aliphatic carbocycles. The highest BCUT2D eigenvalue weighted by Crippen LogP contribution is 2.25. The normalized spacial score (nSPS) is 10.8. The highest BCUT2D eigenvalue weighted by molar-refractivity contribution is 7.18. The van der Waals surface area contributed by atoms with Gasteiger partial charge in [0.15, 0.2) is 5.01 Å². The first-order chi connectivity index (χ1) is 12.2. The maximum absolute atomic E-state index is 12.4. The summed E-state index contributed by atoms with van der Waals surface area (Å²) in [5.74, 6) is 0.448. The molecule has 7 nitrogen and oxygen atoms in total. The summed E-state index contributed by atoms with van der Waals surface area (Å²) < 4.78 is 5.19. The van der Waals surface area contributed by atoms with Crippen LogP contribution >= 0.6 is 11.3 Å². The highest BCUT2D eigenvalue weighted by Gasteiger charge is 2.14. The number of ether oxygens (including phenoxy) is 1. The van der Waals surface area contributed by atoms with E-state index in [0.29, 0.717) is 15.8 Å². The van der Waals surface area contributed by atoms with Gasteiger partial charge in [-0.3, -0.25) is 15.1 Å². The average molecular weight is 351 g/mol. The van der Waals surface area contributed by atoms with Gasteiger partial charge in [0.2, 0.25) is 5.13 Å². The number of rotatable bonds is 4. The lowest BCUT2D eigenvalue weighted by atomic mass is 10.2. The molecule has 0 atom stereocenters. The van der Waals surface area contributed by atoms with E-state index in [1.54, 1.807) is 19.4 Å². The van der Waals surface area contributed by atoms with E-state index < -0.39 is 0 Å². The highest BCUT2D eigenvalue weighted by atomic mass is 32.1. The third-order valence-electron chi connectivity index (χ3n) is 3.60. The Morgan fingerprint density at radius 2 is 2.12 bits per heavy atom. The van der Waals surface area contributed by atoms with E-state index in [-0.39, 0.29) is 5.91 Å². The second-order valence-corrected chi connectivity index (χ2v) is 6.20. The van der Waals surface area contributed by atoms with Crippen molar-refractivity contribution < 1.29 is 9.53 Å². The Bertz CT molecular complexity index is 1040. The summed E-state index contributed by atoms with van der Waals surface area (Å²) in [6, 6.07) is 12.9. The molecule has 25 heavy (non-hydrogen) atoms. The predicted molar refractivity (Wildman–Crippen MR) is 95.9 cm³/mol. The van der Waals surface area contributed by atoms with Gasteiger partial charge in [-0.25, -0.2) is 0 Å². The molecule has 0 spiro atoms. The summed E-state index contributed by atoms with van der Waals surface area (Å²) in [6.07, 6.45) is 1.69. The van der Waals surface area contributed by atoms with Gasteiger partial charge in [0.05, 0.1) is 7.11 Å². The van der Waals surface area contributed by atoms with Crippen molar-refractivity contribution in [1.29, 1.82) is 0 Å². The molecule has 0 fully saturated rings. The summed E-state index contributed by atoms with van der Waals surface area (Å²) in [7, 11) is 1.60. The van der Waals surface area contributed by atoms with Crippen LogP contribution in [-0.2, 0) is 0 Å². The Morgan fingerprint density at radius 3 is 2.92 bits per heavy atom. The number of nitrogens with zero attached hydrogens (tertiary/aromatic N) is 3. The number of fused-ring (bicyclic) bond motifs is 1. The predicted octanol–water partition coefficient (Wildman–Crippen LogP) is 3.34. The molecule has 124 valence electrons. The van der Waals surface area contributed by atoms with Crippen LogP contribution in [0.1, 0.15) is 10.5 Å². The third kappa shape index (κ3) is 3.07. The third-order valence-corrected chi connectivity index (χ3v) is 4.46. The maximum Gasteiger partial charge on any atom is 0.273 e. The number of carbonyl (C=O) groups excluding carboxylic acids is 1. The molecule has 1 amide bonds. The minimum Gasteiger partial charge on any atom is -0.497 e. The largest absolute Gasteiger partial charge is 0.497 e. The zero-order valence-corrected chi connectivity index (χ0v) is 14.0. The standard InChI is InChI=1S/C17H13N5O2S/c1-24-11-6-5-10-8-14(19-13(10)9-11)15(23)20-17-22-21-16(25-17)12-4-2-3-7-18-12/h2-9,19H,1H3,(H,20,22,23). The first-order valence-electron chi connectivity index (χ1n) is 7.46. The van der Waals surface area contributed by atoms with Crippen molar-refractivity contribution in [1.82, 2.24) is 20.2 Å². The van der Waals surface area contributed by atoms with Crippen molar-refractivity contribution in [3.8, 4) is 16.5 Å². The molecule has 0 aliphatic rings. The molecule has 0 radical (unpaired) electrons. The first kappa shape index (κ1) is 15.3. The van der Waals surface area contributed by atoms with E-state index in [2.05, 4.69) is 25.5 Å². The smallest absolute Gasteiger partial charge is 0.273 e. The number of hydrogen-bond donors (Lipinski definition) is 2. The molecular formula is C17H13N5O2S. The molecule has 3 aromatic heterocycles. The summed E-state index contributed by atoms with van der Waals surface area (Å²) >= 11 is 1.27. The van der Waals surface area contributed by atoms with E-state index >= 15 is 0 Å². The minimum absolute atomic E-state index is 0.279. The fourth-order valence-corrected chi connectivity index (χ4v) is 3.10. The van der Waals surface area contributed by atoms with Crippen molar-refractivity contribution in [2.24, 2.45) is 0 Å². The Kier molecular flexibility index (Phi) is 3.87. The Hall–Kier alpha value is -3.26. The number of aromatic nitrogens is 4. The van der Waals surface area contributed by atoms with Gasteiger partial charge >= 0.3 is 0 Å². The van der Waals surface area contributed by atoms with Crippen LogP contribution < -0.4 is 10.1 Å². The van der Waals surface area contributed by atoms with Crippen LogP contribution in [0.25, 0.3) is 21.6 Å². The first-order valence-corrected chi connectivity index (χ1v) is 8.27. The molecule has 0 unspecified atom stereocenters. The van der Waals surface area contributed by atoms with E-state index in [0.717, 1.165) is 22.3 Å². The minimum atomic E-state index is -0.279. The molecule has 4 rings (SSSR count). The topological polar surface area (TPSA) is 92.8 Å². The molecular weight excluding hydrogens is 338 g/mol. The molecule has 0 saturated carbocycles. The van der Waals surface area contributed by atoms with Gasteiger partial charge in [-0.1, -0.05) is 17.4 Å². The number of H-pyrrole nitrogens is 1. The van der Waals surface area contributed by atoms with Crippen LogP contribution in [0.4, 0.5) is 5.13 Å². The fraction of sp³-hybridized carbons (Fsp3) is 0.0588.